The molecule has 1 fully saturated rings. The molecule has 2 aromatic carbocycles. The first-order valence-corrected chi connectivity index (χ1v) is 12.5. The molecular weight excluding hydrogens is 454 g/mol. The number of hydrogen-bond acceptors (Lipinski definition) is 6. The molecular formula is C28H33N5O3. The number of carbonyl (C=O) groups excluding carboxylic acids is 1. The van der Waals surface area contributed by atoms with E-state index < -0.39 is 6.10 Å². The Morgan fingerprint density at radius 1 is 1.11 bits per heavy atom. The Morgan fingerprint density at radius 2 is 1.86 bits per heavy atom. The molecule has 5 rings (SSSR count). The minimum absolute atomic E-state index is 0.139. The Hall–Kier alpha value is -3.30. The minimum Gasteiger partial charge on any atom is -0.390 e. The third kappa shape index (κ3) is 5.42. The average Bonchev–Trinajstić information content (AvgIpc) is 3.40. The van der Waals surface area contributed by atoms with Gasteiger partial charge in [0.05, 0.1) is 36.3 Å². The van der Waals surface area contributed by atoms with Crippen LogP contribution in [-0.2, 0) is 16.1 Å². The zero-order chi connectivity index (χ0) is 24.9. The first-order chi connectivity index (χ1) is 17.6. The normalized spacial score (nSPS) is 18.8. The standard InChI is InChI=1S/C28H33N5O3/c1-21-26(28(35)33(30-21)23-7-3-2-4-8-23)17-22-19-32(27-10-6-5-9-25(22)27)20-24(34)18-29-11-12-31-13-15-36-16-14-31/h2-10,17,19,24,29,34H,11-16,18,20H2,1H3/b26-17+. The van der Waals surface area contributed by atoms with Crippen molar-refractivity contribution >= 4 is 34.3 Å². The molecule has 0 saturated carbocycles. The zero-order valence-electron chi connectivity index (χ0n) is 20.6. The Labute approximate surface area is 211 Å². The summed E-state index contributed by atoms with van der Waals surface area (Å²) in [5, 5.41) is 21.1. The van der Waals surface area contributed by atoms with Crippen molar-refractivity contribution in [3.63, 3.8) is 0 Å². The molecule has 2 N–H and O–H groups in total. The Kier molecular flexibility index (Phi) is 7.58. The number of anilines is 1. The number of hydrazone groups is 1. The first-order valence-electron chi connectivity index (χ1n) is 12.5. The fraction of sp³-hybridized carbons (Fsp3) is 0.357. The van der Waals surface area contributed by atoms with Crippen LogP contribution in [0.4, 0.5) is 5.69 Å². The van der Waals surface area contributed by atoms with E-state index in [1.807, 2.05) is 73.8 Å². The number of ether oxygens (including phenoxy) is 1. The number of rotatable bonds is 9. The van der Waals surface area contributed by atoms with E-state index in [2.05, 4.69) is 19.9 Å². The lowest BCUT2D eigenvalue weighted by Gasteiger charge is -2.26. The third-order valence-corrected chi connectivity index (χ3v) is 6.68. The van der Waals surface area contributed by atoms with Crippen molar-refractivity contribution in [1.82, 2.24) is 14.8 Å². The number of benzene rings is 2. The van der Waals surface area contributed by atoms with Crippen molar-refractivity contribution in [2.24, 2.45) is 5.10 Å². The molecule has 1 unspecified atom stereocenters. The Balaban J connectivity index is 1.28. The van der Waals surface area contributed by atoms with E-state index in [-0.39, 0.29) is 5.91 Å². The smallest absolute Gasteiger partial charge is 0.280 e. The second-order valence-corrected chi connectivity index (χ2v) is 9.26. The van der Waals surface area contributed by atoms with Gasteiger partial charge in [0.25, 0.3) is 5.91 Å². The molecule has 2 aliphatic heterocycles. The highest BCUT2D eigenvalue weighted by molar-refractivity contribution is 6.32. The van der Waals surface area contributed by atoms with E-state index in [0.717, 1.165) is 61.5 Å². The van der Waals surface area contributed by atoms with Crippen LogP contribution in [0, 0.1) is 0 Å². The number of amides is 1. The zero-order valence-corrected chi connectivity index (χ0v) is 20.6. The molecule has 1 aromatic heterocycles. The van der Waals surface area contributed by atoms with Crippen LogP contribution in [0.3, 0.4) is 0 Å². The second-order valence-electron chi connectivity index (χ2n) is 9.26. The summed E-state index contributed by atoms with van der Waals surface area (Å²) >= 11 is 0. The molecule has 0 radical (unpaired) electrons. The summed E-state index contributed by atoms with van der Waals surface area (Å²) < 4.78 is 7.46. The predicted octanol–water partition coefficient (Wildman–Crippen LogP) is 2.73. The Morgan fingerprint density at radius 3 is 2.67 bits per heavy atom. The van der Waals surface area contributed by atoms with E-state index in [4.69, 9.17) is 4.74 Å². The van der Waals surface area contributed by atoms with Gasteiger partial charge in [-0.05, 0) is 31.2 Å². The molecule has 36 heavy (non-hydrogen) atoms. The molecule has 2 aliphatic rings. The summed E-state index contributed by atoms with van der Waals surface area (Å²) in [6, 6.07) is 17.5. The maximum Gasteiger partial charge on any atom is 0.280 e. The quantitative estimate of drug-likeness (QED) is 0.358. The molecule has 8 heteroatoms. The maximum atomic E-state index is 13.2. The number of aliphatic hydroxyl groups is 1. The molecule has 3 heterocycles. The van der Waals surface area contributed by atoms with Crippen molar-refractivity contribution in [2.45, 2.75) is 19.6 Å². The lowest BCUT2D eigenvalue weighted by Crippen LogP contribution is -2.41. The highest BCUT2D eigenvalue weighted by Crippen LogP contribution is 2.28. The fourth-order valence-corrected chi connectivity index (χ4v) is 4.75. The number of carbonyl (C=O) groups is 1. The van der Waals surface area contributed by atoms with Gasteiger partial charge < -0.3 is 19.7 Å². The van der Waals surface area contributed by atoms with Crippen LogP contribution in [-0.4, -0.2) is 78.2 Å². The number of aliphatic hydroxyl groups excluding tert-OH is 1. The van der Waals surface area contributed by atoms with Gasteiger partial charge in [0.1, 0.15) is 0 Å². The van der Waals surface area contributed by atoms with E-state index in [1.165, 1.54) is 5.01 Å². The molecule has 3 aromatic rings. The van der Waals surface area contributed by atoms with Crippen molar-refractivity contribution in [2.75, 3.05) is 50.9 Å². The van der Waals surface area contributed by atoms with Gasteiger partial charge in [-0.3, -0.25) is 9.69 Å². The monoisotopic (exact) mass is 487 g/mol. The van der Waals surface area contributed by atoms with Gasteiger partial charge in [-0.2, -0.15) is 10.1 Å². The van der Waals surface area contributed by atoms with Crippen molar-refractivity contribution in [3.05, 3.63) is 71.9 Å². The van der Waals surface area contributed by atoms with Crippen LogP contribution in [0.1, 0.15) is 12.5 Å². The van der Waals surface area contributed by atoms with Crippen molar-refractivity contribution in [3.8, 4) is 0 Å². The fourth-order valence-electron chi connectivity index (χ4n) is 4.75. The molecule has 1 amide bonds. The minimum atomic E-state index is -0.531. The SMILES string of the molecule is CC1=NN(c2ccccc2)C(=O)/C1=C/c1cn(CC(O)CNCCN2CCOCC2)c2ccccc12. The number of nitrogens with zero attached hydrogens (tertiary/aromatic N) is 4. The number of hydrogen-bond donors (Lipinski definition) is 2. The topological polar surface area (TPSA) is 82.3 Å². The van der Waals surface area contributed by atoms with Gasteiger partial charge in [0.15, 0.2) is 0 Å². The number of morpholine rings is 1. The summed E-state index contributed by atoms with van der Waals surface area (Å²) in [5.41, 5.74) is 3.97. The highest BCUT2D eigenvalue weighted by Gasteiger charge is 2.29. The molecule has 188 valence electrons. The van der Waals surface area contributed by atoms with Crippen LogP contribution in [0.5, 0.6) is 0 Å². The molecule has 0 bridgehead atoms. The number of nitrogens with one attached hydrogen (secondary N) is 1. The van der Waals surface area contributed by atoms with Crippen LogP contribution in [0.25, 0.3) is 17.0 Å². The lowest BCUT2D eigenvalue weighted by atomic mass is 10.1. The molecule has 8 nitrogen and oxygen atoms in total. The van der Waals surface area contributed by atoms with Crippen LogP contribution in [0.2, 0.25) is 0 Å². The first kappa shape index (κ1) is 24.4. The molecule has 0 spiro atoms. The van der Waals surface area contributed by atoms with Gasteiger partial charge >= 0.3 is 0 Å². The van der Waals surface area contributed by atoms with Crippen LogP contribution >= 0.6 is 0 Å². The second kappa shape index (κ2) is 11.2. The van der Waals surface area contributed by atoms with Gasteiger partial charge in [-0.25, -0.2) is 0 Å². The van der Waals surface area contributed by atoms with Gasteiger partial charge in [-0.15, -0.1) is 0 Å². The summed E-state index contributed by atoms with van der Waals surface area (Å²) in [4.78, 5) is 15.6. The Bertz CT molecular complexity index is 1260. The average molecular weight is 488 g/mol. The van der Waals surface area contributed by atoms with E-state index in [9.17, 15) is 9.90 Å². The molecule has 0 aliphatic carbocycles. The number of fused-ring (bicyclic) bond motifs is 1. The van der Waals surface area contributed by atoms with E-state index in [1.54, 1.807) is 0 Å². The van der Waals surface area contributed by atoms with Crippen LogP contribution < -0.4 is 10.3 Å². The predicted molar refractivity (Wildman–Crippen MR) is 143 cm³/mol. The third-order valence-electron chi connectivity index (χ3n) is 6.68. The maximum absolute atomic E-state index is 13.2. The molecule has 1 saturated heterocycles. The molecule has 1 atom stereocenters. The summed E-state index contributed by atoms with van der Waals surface area (Å²) in [7, 11) is 0. The lowest BCUT2D eigenvalue weighted by molar-refractivity contribution is -0.114. The number of para-hydroxylation sites is 2. The van der Waals surface area contributed by atoms with Gasteiger partial charge in [-0.1, -0.05) is 36.4 Å². The van der Waals surface area contributed by atoms with Crippen molar-refractivity contribution in [1.29, 1.82) is 0 Å². The number of aromatic nitrogens is 1. The largest absolute Gasteiger partial charge is 0.390 e. The van der Waals surface area contributed by atoms with Crippen molar-refractivity contribution < 1.29 is 14.6 Å². The van der Waals surface area contributed by atoms with E-state index in [0.29, 0.717) is 24.4 Å². The summed E-state index contributed by atoms with van der Waals surface area (Å²) in [6.07, 6.45) is 3.40. The van der Waals surface area contributed by atoms with Gasteiger partial charge in [0, 0.05) is 61.9 Å². The summed E-state index contributed by atoms with van der Waals surface area (Å²) in [5.74, 6) is -0.139. The van der Waals surface area contributed by atoms with Gasteiger partial charge in [0.2, 0.25) is 0 Å². The highest BCUT2D eigenvalue weighted by atomic mass is 16.5. The van der Waals surface area contributed by atoms with Crippen LogP contribution in [0.15, 0.2) is 71.5 Å². The summed E-state index contributed by atoms with van der Waals surface area (Å²) in [6.45, 7) is 8.15. The van der Waals surface area contributed by atoms with E-state index >= 15 is 0 Å².